The molecule has 528 valence electrons. The highest BCUT2D eigenvalue weighted by Crippen LogP contribution is 2.52. The highest BCUT2D eigenvalue weighted by atomic mass is 16.3. The largest absolute Gasteiger partial charge is 0.507 e. The molecule has 0 bridgehead atoms. The maximum Gasteiger partial charge on any atom is 0.139 e. The molecule has 11 rings (SSSR count). The van der Waals surface area contributed by atoms with Gasteiger partial charge in [0.15, 0.2) is 0 Å². The molecule has 0 heterocycles. The number of phenols is 2. The van der Waals surface area contributed by atoms with Crippen molar-refractivity contribution in [1.82, 2.24) is 0 Å². The lowest BCUT2D eigenvalue weighted by atomic mass is 9.83. The zero-order chi connectivity index (χ0) is 72.5. The van der Waals surface area contributed by atoms with Crippen molar-refractivity contribution in [3.8, 4) is 56.0 Å². The number of allylic oxidation sites excluding steroid dienone is 2. The molecule has 12 nitrogen and oxygen atoms in total. The molecule has 0 fully saturated rings. The van der Waals surface area contributed by atoms with Gasteiger partial charge in [0.2, 0.25) is 0 Å². The first-order chi connectivity index (χ1) is 49.6. The molecule has 0 spiro atoms. The van der Waals surface area contributed by atoms with Crippen LogP contribution in [0.4, 0.5) is 68.2 Å². The average molecular weight is 1360 g/mol. The molecule has 0 radical (unpaired) electrons. The first-order valence-electron chi connectivity index (χ1n) is 37.1. The number of aryl methyl sites for hydroxylation is 2. The van der Waals surface area contributed by atoms with Crippen molar-refractivity contribution < 1.29 is 20.4 Å². The predicted molar refractivity (Wildman–Crippen MR) is 437 cm³/mol. The molecule has 12 heteroatoms. The minimum atomic E-state index is -0.242. The minimum Gasteiger partial charge on any atom is -0.507 e. The van der Waals surface area contributed by atoms with E-state index in [1.165, 1.54) is 67.5 Å². The molecule has 1 aliphatic rings. The van der Waals surface area contributed by atoms with Crippen LogP contribution >= 0.6 is 0 Å². The van der Waals surface area contributed by atoms with Crippen LogP contribution in [0.1, 0.15) is 105 Å². The Bertz CT molecular complexity index is 4230. The molecule has 0 saturated carbocycles. The van der Waals surface area contributed by atoms with E-state index >= 15 is 0 Å². The van der Waals surface area contributed by atoms with Crippen LogP contribution in [0.15, 0.2) is 218 Å². The van der Waals surface area contributed by atoms with Crippen LogP contribution in [0.5, 0.6) is 11.5 Å². The van der Waals surface area contributed by atoms with E-state index in [4.69, 9.17) is 0 Å². The maximum absolute atomic E-state index is 12.3. The number of hydrogen-bond donors (Lipinski definition) is 4. The fraction of sp³-hybridized carbons (Fsp3) is 0.289. The van der Waals surface area contributed by atoms with Crippen LogP contribution < -0.4 is 39.2 Å². The molecule has 0 unspecified atom stereocenters. The lowest BCUT2D eigenvalue weighted by molar-refractivity contribution is 0.386. The number of aliphatic hydroxyl groups excluding tert-OH is 2. The van der Waals surface area contributed by atoms with Gasteiger partial charge in [-0.3, -0.25) is 0 Å². The van der Waals surface area contributed by atoms with Gasteiger partial charge >= 0.3 is 0 Å². The number of aromatic hydroxyl groups is 2. The van der Waals surface area contributed by atoms with E-state index in [2.05, 4.69) is 306 Å². The van der Waals surface area contributed by atoms with Gasteiger partial charge in [-0.2, -0.15) is 0 Å². The van der Waals surface area contributed by atoms with Gasteiger partial charge in [-0.1, -0.05) is 84.9 Å². The molecular weight excluding hydrogens is 1260 g/mol. The van der Waals surface area contributed by atoms with E-state index in [0.717, 1.165) is 124 Å². The zero-order valence-electron chi connectivity index (χ0n) is 62.5. The van der Waals surface area contributed by atoms with E-state index in [9.17, 15) is 20.4 Å². The monoisotopic (exact) mass is 1360 g/mol. The number of phenolic OH excluding ortho intramolecular Hbond substituents is 2. The summed E-state index contributed by atoms with van der Waals surface area (Å²) in [6.45, 7) is 41.3. The van der Waals surface area contributed by atoms with Crippen LogP contribution in [-0.2, 0) is 0 Å². The van der Waals surface area contributed by atoms with Gasteiger partial charge < -0.3 is 59.6 Å². The highest BCUT2D eigenvalue weighted by Gasteiger charge is 2.35. The van der Waals surface area contributed by atoms with Crippen LogP contribution in [-0.4, -0.2) is 99.0 Å². The standard InChI is InChI=1S/C90H104N8O4/c1-15-91(16-2)75-33-27-31-61(13)83(75)63-39-47-67(48-40-63)97(69-51-43-65(44-52-69)85-77(93(19-5)20-6)35-29-36-78(85)94(21-7)22-8)71-55-57-73(81(99)59-71)87-89(101)88(90(87)102)74-58-56-72(60-82(74)100)98(68-49-41-64(42-50-68)84-62(14)32-28-34-76(84)92(17-3)18-4)70-53-45-66(46-54-70)86-79(95(23-9)24-10)37-30-38-80(86)96(25-11)26-12/h27-60,99-102H,15-26H2,1-14H3. The summed E-state index contributed by atoms with van der Waals surface area (Å²) in [5.74, 6) is -0.765. The second-order valence-electron chi connectivity index (χ2n) is 26.0. The summed E-state index contributed by atoms with van der Waals surface area (Å²) in [6, 6.07) is 71.6. The SMILES string of the molecule is CCN(CC)c1cccc(C)c1-c1ccc(N(c2ccc(-c3c(N(CC)CC)cccc3N(CC)CC)cc2)c2ccc(C3=C(O)C(c4ccc(N(c5ccc(-c6c(C)cccc6N(CC)CC)cc5)c5ccc(-c6c(N(CC)CC)cccc6N(CC)CC)cc5)cc4O)=C3O)c(O)c2)cc1. The third-order valence-electron chi connectivity index (χ3n) is 20.8. The molecule has 10 aromatic rings. The first-order valence-corrected chi connectivity index (χ1v) is 37.1. The lowest BCUT2D eigenvalue weighted by Gasteiger charge is -2.31. The smallest absolute Gasteiger partial charge is 0.139 e. The van der Waals surface area contributed by atoms with Crippen LogP contribution in [0.25, 0.3) is 55.7 Å². The van der Waals surface area contributed by atoms with Crippen molar-refractivity contribution in [1.29, 1.82) is 0 Å². The Morgan fingerprint density at radius 3 is 0.667 bits per heavy atom. The topological polar surface area (TPSA) is 107 Å². The van der Waals surface area contributed by atoms with Crippen molar-refractivity contribution in [2.24, 2.45) is 0 Å². The summed E-state index contributed by atoms with van der Waals surface area (Å²) >= 11 is 0. The normalized spacial score (nSPS) is 12.0. The van der Waals surface area contributed by atoms with Gasteiger partial charge in [0.1, 0.15) is 23.0 Å². The fourth-order valence-electron chi connectivity index (χ4n) is 15.3. The zero-order valence-corrected chi connectivity index (χ0v) is 62.5. The number of hydrogen-bond acceptors (Lipinski definition) is 12. The summed E-state index contributed by atoms with van der Waals surface area (Å²) in [6.07, 6.45) is 0. The fourth-order valence-corrected chi connectivity index (χ4v) is 15.3. The van der Waals surface area contributed by atoms with E-state index < -0.39 is 0 Å². The number of aliphatic hydroxyl groups is 2. The Balaban J connectivity index is 0.967. The Kier molecular flexibility index (Phi) is 23.0. The Labute approximate surface area is 607 Å². The van der Waals surface area contributed by atoms with Crippen molar-refractivity contribution in [3.63, 3.8) is 0 Å². The van der Waals surface area contributed by atoms with Crippen LogP contribution in [0, 0.1) is 13.8 Å². The minimum absolute atomic E-state index is 0.0854. The summed E-state index contributed by atoms with van der Waals surface area (Å²) in [4.78, 5) is 18.7. The molecule has 0 aliphatic heterocycles. The molecule has 10 aromatic carbocycles. The van der Waals surface area contributed by atoms with Crippen molar-refractivity contribution >= 4 is 79.4 Å². The molecule has 0 amide bonds. The third-order valence-corrected chi connectivity index (χ3v) is 20.8. The van der Waals surface area contributed by atoms with Gasteiger partial charge in [-0.25, -0.2) is 0 Å². The summed E-state index contributed by atoms with van der Waals surface area (Å²) in [7, 11) is 0. The number of nitrogens with zero attached hydrogens (tertiary/aromatic N) is 8. The molecule has 102 heavy (non-hydrogen) atoms. The Morgan fingerprint density at radius 2 is 0.441 bits per heavy atom. The van der Waals surface area contributed by atoms with Crippen molar-refractivity contribution in [2.75, 3.05) is 118 Å². The lowest BCUT2D eigenvalue weighted by Crippen LogP contribution is -2.26. The molecule has 0 aromatic heterocycles. The van der Waals surface area contributed by atoms with Gasteiger partial charge in [0.25, 0.3) is 0 Å². The van der Waals surface area contributed by atoms with Gasteiger partial charge in [0.05, 0.1) is 11.1 Å². The first kappa shape index (κ1) is 72.5. The summed E-state index contributed by atoms with van der Waals surface area (Å²) in [5.41, 5.74) is 24.2. The quantitative estimate of drug-likeness (QED) is 0.0344. The molecule has 1 aliphatic carbocycles. The molecule has 0 atom stereocenters. The van der Waals surface area contributed by atoms with E-state index in [1.807, 2.05) is 12.1 Å². The Hall–Kier alpha value is -10.7. The maximum atomic E-state index is 12.3. The predicted octanol–water partition coefficient (Wildman–Crippen LogP) is 22.7. The van der Waals surface area contributed by atoms with Gasteiger partial charge in [0, 0.05) is 192 Å². The van der Waals surface area contributed by atoms with E-state index in [1.54, 1.807) is 24.3 Å². The second kappa shape index (κ2) is 32.3. The second-order valence-corrected chi connectivity index (χ2v) is 26.0. The average Bonchev–Trinajstić information content (AvgIpc) is 0.732. The van der Waals surface area contributed by atoms with Crippen LogP contribution in [0.2, 0.25) is 0 Å². The number of anilines is 12. The molecule has 0 saturated heterocycles. The number of rotatable bonds is 30. The van der Waals surface area contributed by atoms with E-state index in [0.29, 0.717) is 11.4 Å². The molecule has 4 N–H and O–H groups in total. The van der Waals surface area contributed by atoms with Crippen LogP contribution in [0.3, 0.4) is 0 Å². The third kappa shape index (κ3) is 14.0. The summed E-state index contributed by atoms with van der Waals surface area (Å²) in [5, 5.41) is 49.0. The number of benzene rings is 10. The van der Waals surface area contributed by atoms with E-state index in [-0.39, 0.29) is 45.3 Å². The van der Waals surface area contributed by atoms with Crippen molar-refractivity contribution in [2.45, 2.75) is 96.9 Å². The van der Waals surface area contributed by atoms with Gasteiger partial charge in [-0.05, 0) is 240 Å². The van der Waals surface area contributed by atoms with Crippen molar-refractivity contribution in [3.05, 3.63) is 240 Å². The molecular formula is C90H104N8O4. The summed E-state index contributed by atoms with van der Waals surface area (Å²) < 4.78 is 0. The Morgan fingerprint density at radius 1 is 0.235 bits per heavy atom. The highest BCUT2D eigenvalue weighted by molar-refractivity contribution is 6.08. The van der Waals surface area contributed by atoms with Gasteiger partial charge in [-0.15, -0.1) is 0 Å².